The highest BCUT2D eigenvalue weighted by atomic mass is 16.5. The summed E-state index contributed by atoms with van der Waals surface area (Å²) in [5.41, 5.74) is 4.15. The number of nitrogens with one attached hydrogen (secondary N) is 1. The van der Waals surface area contributed by atoms with Gasteiger partial charge in [-0.25, -0.2) is 0 Å². The second-order valence-electron chi connectivity index (χ2n) is 6.86. The van der Waals surface area contributed by atoms with Crippen LogP contribution in [0.15, 0.2) is 71.5 Å². The van der Waals surface area contributed by atoms with Gasteiger partial charge in [-0.05, 0) is 61.4 Å². The summed E-state index contributed by atoms with van der Waals surface area (Å²) in [7, 11) is 0. The highest BCUT2D eigenvalue weighted by molar-refractivity contribution is 5.95. The van der Waals surface area contributed by atoms with E-state index in [2.05, 4.69) is 20.4 Å². The number of carbonyl (C=O) groups excluding carboxylic acids is 1. The first-order valence-electron chi connectivity index (χ1n) is 9.43. The number of carbonyl (C=O) groups is 1. The van der Waals surface area contributed by atoms with E-state index in [0.717, 1.165) is 16.7 Å². The second-order valence-corrected chi connectivity index (χ2v) is 6.86. The molecule has 7 heteroatoms. The minimum atomic E-state index is -0.282. The Balaban J connectivity index is 1.48. The first-order valence-corrected chi connectivity index (χ1v) is 9.43. The Labute approximate surface area is 173 Å². The molecule has 0 spiro atoms. The zero-order valence-corrected chi connectivity index (χ0v) is 16.6. The molecule has 0 radical (unpaired) electrons. The number of para-hydroxylation sites is 1. The number of anilines is 1. The van der Waals surface area contributed by atoms with Gasteiger partial charge < -0.3 is 14.6 Å². The first kappa shape index (κ1) is 19.3. The Kier molecular flexibility index (Phi) is 5.52. The summed E-state index contributed by atoms with van der Waals surface area (Å²) in [5, 5.41) is 6.88. The SMILES string of the molecule is Cc1cc(C)cc(OCC(=O)Nc2ccccc2-c2nc(-c3ccncc3)no2)c1. The van der Waals surface area contributed by atoms with Crippen LogP contribution in [-0.4, -0.2) is 27.6 Å². The van der Waals surface area contributed by atoms with E-state index in [-0.39, 0.29) is 12.5 Å². The topological polar surface area (TPSA) is 90.1 Å². The smallest absolute Gasteiger partial charge is 0.262 e. The fourth-order valence-electron chi connectivity index (χ4n) is 3.08. The molecule has 150 valence electrons. The van der Waals surface area contributed by atoms with Gasteiger partial charge in [0.05, 0.1) is 11.3 Å². The van der Waals surface area contributed by atoms with Crippen LogP contribution in [-0.2, 0) is 4.79 Å². The third kappa shape index (κ3) is 4.52. The zero-order valence-electron chi connectivity index (χ0n) is 16.6. The van der Waals surface area contributed by atoms with E-state index in [1.165, 1.54) is 0 Å². The lowest BCUT2D eigenvalue weighted by Crippen LogP contribution is -2.20. The largest absolute Gasteiger partial charge is 0.484 e. The van der Waals surface area contributed by atoms with Gasteiger partial charge in [-0.3, -0.25) is 9.78 Å². The molecule has 2 heterocycles. The molecule has 0 aliphatic carbocycles. The fourth-order valence-corrected chi connectivity index (χ4v) is 3.08. The maximum Gasteiger partial charge on any atom is 0.262 e. The molecule has 0 aliphatic heterocycles. The van der Waals surface area contributed by atoms with Gasteiger partial charge in [0, 0.05) is 18.0 Å². The lowest BCUT2D eigenvalue weighted by atomic mass is 10.1. The number of benzene rings is 2. The summed E-state index contributed by atoms with van der Waals surface area (Å²) >= 11 is 0. The van der Waals surface area contributed by atoms with Gasteiger partial charge in [0.15, 0.2) is 6.61 Å². The Morgan fingerprint density at radius 2 is 1.77 bits per heavy atom. The van der Waals surface area contributed by atoms with Gasteiger partial charge in [-0.1, -0.05) is 23.4 Å². The molecule has 0 fully saturated rings. The quantitative estimate of drug-likeness (QED) is 0.515. The summed E-state index contributed by atoms with van der Waals surface area (Å²) in [5.74, 6) is 1.14. The molecule has 30 heavy (non-hydrogen) atoms. The van der Waals surface area contributed by atoms with Crippen molar-refractivity contribution >= 4 is 11.6 Å². The lowest BCUT2D eigenvalue weighted by molar-refractivity contribution is -0.118. The van der Waals surface area contributed by atoms with E-state index in [4.69, 9.17) is 9.26 Å². The van der Waals surface area contributed by atoms with E-state index in [1.54, 1.807) is 30.6 Å². The van der Waals surface area contributed by atoms with Gasteiger partial charge in [0.25, 0.3) is 11.8 Å². The number of pyridine rings is 1. The maximum absolute atomic E-state index is 12.5. The molecule has 0 saturated heterocycles. The number of nitrogens with zero attached hydrogens (tertiary/aromatic N) is 3. The lowest BCUT2D eigenvalue weighted by Gasteiger charge is -2.10. The molecular formula is C23H20N4O3. The van der Waals surface area contributed by atoms with Crippen molar-refractivity contribution in [3.63, 3.8) is 0 Å². The van der Waals surface area contributed by atoms with E-state index in [0.29, 0.717) is 28.7 Å². The van der Waals surface area contributed by atoms with Crippen LogP contribution in [0.1, 0.15) is 11.1 Å². The predicted octanol–water partition coefficient (Wildman–Crippen LogP) is 4.43. The average Bonchev–Trinajstić information content (AvgIpc) is 3.23. The van der Waals surface area contributed by atoms with E-state index >= 15 is 0 Å². The normalized spacial score (nSPS) is 10.6. The van der Waals surface area contributed by atoms with Crippen molar-refractivity contribution < 1.29 is 14.1 Å². The number of rotatable bonds is 6. The van der Waals surface area contributed by atoms with Crippen LogP contribution >= 0.6 is 0 Å². The molecule has 7 nitrogen and oxygen atoms in total. The molecule has 0 unspecified atom stereocenters. The van der Waals surface area contributed by atoms with Crippen molar-refractivity contribution in [1.29, 1.82) is 0 Å². The van der Waals surface area contributed by atoms with Crippen LogP contribution in [0.4, 0.5) is 5.69 Å². The molecule has 4 aromatic rings. The van der Waals surface area contributed by atoms with Crippen molar-refractivity contribution in [2.24, 2.45) is 0 Å². The van der Waals surface area contributed by atoms with Crippen LogP contribution in [0.3, 0.4) is 0 Å². The molecule has 0 aliphatic rings. The summed E-state index contributed by atoms with van der Waals surface area (Å²) in [4.78, 5) is 20.9. The first-order chi connectivity index (χ1) is 14.6. The molecule has 0 atom stereocenters. The Hall–Kier alpha value is -4.00. The van der Waals surface area contributed by atoms with Crippen LogP contribution in [0.25, 0.3) is 22.8 Å². The summed E-state index contributed by atoms with van der Waals surface area (Å²) in [6, 6.07) is 16.7. The average molecular weight is 400 g/mol. The fraction of sp³-hybridized carbons (Fsp3) is 0.130. The van der Waals surface area contributed by atoms with Crippen molar-refractivity contribution in [3.8, 4) is 28.6 Å². The molecule has 1 N–H and O–H groups in total. The van der Waals surface area contributed by atoms with Gasteiger partial charge >= 0.3 is 0 Å². The van der Waals surface area contributed by atoms with Crippen LogP contribution in [0, 0.1) is 13.8 Å². The van der Waals surface area contributed by atoms with Gasteiger partial charge in [-0.2, -0.15) is 4.98 Å². The van der Waals surface area contributed by atoms with Gasteiger partial charge in [-0.15, -0.1) is 0 Å². The Morgan fingerprint density at radius 3 is 2.53 bits per heavy atom. The van der Waals surface area contributed by atoms with E-state index in [9.17, 15) is 4.79 Å². The summed E-state index contributed by atoms with van der Waals surface area (Å²) in [6.07, 6.45) is 3.32. The minimum absolute atomic E-state index is 0.108. The zero-order chi connectivity index (χ0) is 20.9. The van der Waals surface area contributed by atoms with E-state index in [1.807, 2.05) is 50.2 Å². The number of hydrogen-bond donors (Lipinski definition) is 1. The molecule has 1 amide bonds. The Morgan fingerprint density at radius 1 is 1.03 bits per heavy atom. The van der Waals surface area contributed by atoms with Crippen molar-refractivity contribution in [1.82, 2.24) is 15.1 Å². The summed E-state index contributed by atoms with van der Waals surface area (Å²) in [6.45, 7) is 3.87. The maximum atomic E-state index is 12.5. The second kappa shape index (κ2) is 8.57. The van der Waals surface area contributed by atoms with Gasteiger partial charge in [0.1, 0.15) is 5.75 Å². The number of ether oxygens (including phenoxy) is 1. The number of aromatic nitrogens is 3. The molecule has 2 aromatic carbocycles. The monoisotopic (exact) mass is 400 g/mol. The number of hydrogen-bond acceptors (Lipinski definition) is 6. The van der Waals surface area contributed by atoms with Crippen molar-refractivity contribution in [3.05, 3.63) is 78.1 Å². The van der Waals surface area contributed by atoms with Crippen LogP contribution in [0.2, 0.25) is 0 Å². The highest BCUT2D eigenvalue weighted by Gasteiger charge is 2.15. The predicted molar refractivity (Wildman–Crippen MR) is 113 cm³/mol. The minimum Gasteiger partial charge on any atom is -0.484 e. The Bertz CT molecular complexity index is 1150. The molecule has 0 bridgehead atoms. The van der Waals surface area contributed by atoms with Crippen LogP contribution < -0.4 is 10.1 Å². The standard InChI is InChI=1S/C23H20N4O3/c1-15-11-16(2)13-18(12-15)29-14-21(28)25-20-6-4-3-5-19(20)23-26-22(27-30-23)17-7-9-24-10-8-17/h3-13H,14H2,1-2H3,(H,25,28). The highest BCUT2D eigenvalue weighted by Crippen LogP contribution is 2.28. The number of aryl methyl sites for hydroxylation is 2. The summed E-state index contributed by atoms with van der Waals surface area (Å²) < 4.78 is 11.1. The number of amides is 1. The third-order valence-electron chi connectivity index (χ3n) is 4.36. The third-order valence-corrected chi connectivity index (χ3v) is 4.36. The van der Waals surface area contributed by atoms with Crippen LogP contribution in [0.5, 0.6) is 5.75 Å². The molecule has 4 rings (SSSR count). The molecule has 0 saturated carbocycles. The molecule has 2 aromatic heterocycles. The van der Waals surface area contributed by atoms with Crippen molar-refractivity contribution in [2.45, 2.75) is 13.8 Å². The van der Waals surface area contributed by atoms with Crippen molar-refractivity contribution in [2.75, 3.05) is 11.9 Å². The van der Waals surface area contributed by atoms with E-state index < -0.39 is 0 Å². The van der Waals surface area contributed by atoms with Gasteiger partial charge in [0.2, 0.25) is 5.82 Å². The molecular weight excluding hydrogens is 380 g/mol.